The third-order valence-corrected chi connectivity index (χ3v) is 4.64. The topological polar surface area (TPSA) is 58.6 Å². The Kier molecular flexibility index (Phi) is 4.03. The van der Waals surface area contributed by atoms with Gasteiger partial charge in [0.05, 0.1) is 19.0 Å². The van der Waals surface area contributed by atoms with E-state index >= 15 is 0 Å². The number of anilines is 1. The highest BCUT2D eigenvalue weighted by atomic mass is 32.1. The van der Waals surface area contributed by atoms with Crippen LogP contribution in [0.15, 0.2) is 12.4 Å². The van der Waals surface area contributed by atoms with E-state index in [9.17, 15) is 4.79 Å². The molecule has 3 rings (SSSR count). The number of carbonyl (C=O) groups is 1. The summed E-state index contributed by atoms with van der Waals surface area (Å²) in [7, 11) is 1.43. The van der Waals surface area contributed by atoms with Gasteiger partial charge in [0.2, 0.25) is 0 Å². The second-order valence-electron chi connectivity index (χ2n) is 5.11. The Morgan fingerprint density at radius 1 is 1.33 bits per heavy atom. The minimum atomic E-state index is -0.179. The Bertz CT molecular complexity index is 649. The van der Waals surface area contributed by atoms with Crippen LogP contribution in [0.4, 0.5) is 5.82 Å². The number of piperazine rings is 1. The number of ether oxygens (including phenoxy) is 1. The van der Waals surface area contributed by atoms with Gasteiger partial charge in [-0.1, -0.05) is 0 Å². The molecule has 6 nitrogen and oxygen atoms in total. The number of fused-ring (bicyclic) bond motifs is 1. The van der Waals surface area contributed by atoms with Gasteiger partial charge in [-0.3, -0.25) is 9.69 Å². The molecule has 7 heteroatoms. The average molecular weight is 306 g/mol. The van der Waals surface area contributed by atoms with Crippen LogP contribution in [-0.4, -0.2) is 60.7 Å². The maximum absolute atomic E-state index is 11.3. The van der Waals surface area contributed by atoms with Crippen LogP contribution in [0.3, 0.4) is 0 Å². The molecule has 2 aromatic heterocycles. The van der Waals surface area contributed by atoms with E-state index in [4.69, 9.17) is 4.74 Å². The molecule has 1 saturated heterocycles. The van der Waals surface area contributed by atoms with Gasteiger partial charge in [0.25, 0.3) is 0 Å². The molecule has 0 N–H and O–H groups in total. The summed E-state index contributed by atoms with van der Waals surface area (Å²) in [5, 5.41) is 1.13. The van der Waals surface area contributed by atoms with E-state index in [1.165, 1.54) is 12.0 Å². The lowest BCUT2D eigenvalue weighted by Crippen LogP contribution is -2.48. The van der Waals surface area contributed by atoms with Crippen molar-refractivity contribution in [2.45, 2.75) is 6.92 Å². The van der Waals surface area contributed by atoms with E-state index in [0.29, 0.717) is 6.54 Å². The summed E-state index contributed by atoms with van der Waals surface area (Å²) in [6.07, 6.45) is 1.63. The normalized spacial score (nSPS) is 16.4. The highest BCUT2D eigenvalue weighted by Gasteiger charge is 2.22. The van der Waals surface area contributed by atoms with Crippen molar-refractivity contribution < 1.29 is 9.53 Å². The quantitative estimate of drug-likeness (QED) is 0.797. The van der Waals surface area contributed by atoms with Crippen LogP contribution in [0.5, 0.6) is 0 Å². The van der Waals surface area contributed by atoms with Gasteiger partial charge < -0.3 is 9.64 Å². The van der Waals surface area contributed by atoms with Crippen molar-refractivity contribution >= 4 is 33.3 Å². The zero-order chi connectivity index (χ0) is 14.8. The van der Waals surface area contributed by atoms with Crippen molar-refractivity contribution in [3.8, 4) is 0 Å². The second-order valence-corrected chi connectivity index (χ2v) is 6.35. The Hall–Kier alpha value is -1.73. The maximum atomic E-state index is 11.3. The van der Waals surface area contributed by atoms with Crippen molar-refractivity contribution in [2.75, 3.05) is 44.7 Å². The van der Waals surface area contributed by atoms with Gasteiger partial charge >= 0.3 is 5.97 Å². The van der Waals surface area contributed by atoms with Crippen molar-refractivity contribution in [2.24, 2.45) is 0 Å². The molecular weight excluding hydrogens is 288 g/mol. The van der Waals surface area contributed by atoms with Crippen LogP contribution in [0, 0.1) is 6.92 Å². The van der Waals surface area contributed by atoms with Gasteiger partial charge in [-0.15, -0.1) is 11.3 Å². The molecular formula is C14H18N4O2S. The SMILES string of the molecule is COC(=O)CN1CCN(c2ncnc3sc(C)cc23)CC1. The summed E-state index contributed by atoms with van der Waals surface area (Å²) < 4.78 is 4.71. The number of rotatable bonds is 3. The molecule has 0 bridgehead atoms. The molecule has 1 fully saturated rings. The first-order valence-corrected chi connectivity index (χ1v) is 7.74. The molecule has 0 spiro atoms. The minimum Gasteiger partial charge on any atom is -0.468 e. The molecule has 2 aromatic rings. The van der Waals surface area contributed by atoms with Crippen LogP contribution in [0.2, 0.25) is 0 Å². The van der Waals surface area contributed by atoms with Gasteiger partial charge in [0.1, 0.15) is 17.0 Å². The van der Waals surface area contributed by atoms with Gasteiger partial charge in [0.15, 0.2) is 0 Å². The lowest BCUT2D eigenvalue weighted by atomic mass is 10.2. The molecule has 0 radical (unpaired) electrons. The van der Waals surface area contributed by atoms with Crippen molar-refractivity contribution in [1.82, 2.24) is 14.9 Å². The number of thiophene rings is 1. The number of aryl methyl sites for hydroxylation is 1. The van der Waals surface area contributed by atoms with Gasteiger partial charge in [-0.25, -0.2) is 9.97 Å². The van der Waals surface area contributed by atoms with Gasteiger partial charge in [-0.05, 0) is 13.0 Å². The number of methoxy groups -OCH3 is 1. The van der Waals surface area contributed by atoms with E-state index in [1.807, 2.05) is 0 Å². The van der Waals surface area contributed by atoms with Gasteiger partial charge in [0, 0.05) is 31.1 Å². The number of hydrogen-bond donors (Lipinski definition) is 0. The zero-order valence-corrected chi connectivity index (χ0v) is 13.0. The minimum absolute atomic E-state index is 0.179. The average Bonchev–Trinajstić information content (AvgIpc) is 2.88. The van der Waals surface area contributed by atoms with E-state index < -0.39 is 0 Å². The number of esters is 1. The fourth-order valence-corrected chi connectivity index (χ4v) is 3.42. The third-order valence-electron chi connectivity index (χ3n) is 3.68. The standard InChI is InChI=1S/C14H18N4O2S/c1-10-7-11-13(15-9-16-14(11)21-10)18-5-3-17(4-6-18)8-12(19)20-2/h7,9H,3-6,8H2,1-2H3. The molecule has 21 heavy (non-hydrogen) atoms. The number of nitrogens with zero attached hydrogens (tertiary/aromatic N) is 4. The first kappa shape index (κ1) is 14.2. The summed E-state index contributed by atoms with van der Waals surface area (Å²) in [6, 6.07) is 2.15. The molecule has 0 aliphatic carbocycles. The second kappa shape index (κ2) is 5.95. The smallest absolute Gasteiger partial charge is 0.319 e. The summed E-state index contributed by atoms with van der Waals surface area (Å²) in [6.45, 7) is 5.84. The van der Waals surface area contributed by atoms with Crippen LogP contribution in [-0.2, 0) is 9.53 Å². The first-order valence-electron chi connectivity index (χ1n) is 6.92. The van der Waals surface area contributed by atoms with E-state index in [2.05, 4.69) is 32.8 Å². The summed E-state index contributed by atoms with van der Waals surface area (Å²) in [4.78, 5) is 26.8. The van der Waals surface area contributed by atoms with E-state index in [0.717, 1.165) is 42.2 Å². The molecule has 112 valence electrons. The lowest BCUT2D eigenvalue weighted by Gasteiger charge is -2.34. The predicted molar refractivity (Wildman–Crippen MR) is 82.8 cm³/mol. The Morgan fingerprint density at radius 2 is 2.10 bits per heavy atom. The largest absolute Gasteiger partial charge is 0.468 e. The van der Waals surface area contributed by atoms with Crippen molar-refractivity contribution in [1.29, 1.82) is 0 Å². The Morgan fingerprint density at radius 3 is 2.81 bits per heavy atom. The van der Waals surface area contributed by atoms with Crippen molar-refractivity contribution in [3.05, 3.63) is 17.3 Å². The molecule has 0 unspecified atom stereocenters. The molecule has 0 saturated carbocycles. The molecule has 1 aliphatic heterocycles. The van der Waals surface area contributed by atoms with Crippen LogP contribution in [0.25, 0.3) is 10.2 Å². The highest BCUT2D eigenvalue weighted by Crippen LogP contribution is 2.30. The lowest BCUT2D eigenvalue weighted by molar-refractivity contribution is -0.142. The zero-order valence-electron chi connectivity index (χ0n) is 12.2. The molecule has 3 heterocycles. The van der Waals surface area contributed by atoms with Crippen LogP contribution >= 0.6 is 11.3 Å². The number of hydrogen-bond acceptors (Lipinski definition) is 7. The Labute approximate surface area is 127 Å². The predicted octanol–water partition coefficient (Wildman–Crippen LogP) is 1.29. The third kappa shape index (κ3) is 2.98. The van der Waals surface area contributed by atoms with E-state index in [1.54, 1.807) is 17.7 Å². The van der Waals surface area contributed by atoms with Crippen LogP contribution < -0.4 is 4.90 Å². The van der Waals surface area contributed by atoms with Crippen molar-refractivity contribution in [3.63, 3.8) is 0 Å². The van der Waals surface area contributed by atoms with Crippen LogP contribution in [0.1, 0.15) is 4.88 Å². The molecule has 0 amide bonds. The molecule has 0 atom stereocenters. The molecule has 1 aliphatic rings. The summed E-state index contributed by atoms with van der Waals surface area (Å²) >= 11 is 1.69. The van der Waals surface area contributed by atoms with Gasteiger partial charge in [-0.2, -0.15) is 0 Å². The fourth-order valence-electron chi connectivity index (χ4n) is 2.58. The highest BCUT2D eigenvalue weighted by molar-refractivity contribution is 7.18. The maximum Gasteiger partial charge on any atom is 0.319 e. The summed E-state index contributed by atoms with van der Waals surface area (Å²) in [5.74, 6) is 0.823. The van der Waals surface area contributed by atoms with E-state index in [-0.39, 0.29) is 5.97 Å². The number of aromatic nitrogens is 2. The fraction of sp³-hybridized carbons (Fsp3) is 0.500. The summed E-state index contributed by atoms with van der Waals surface area (Å²) in [5.41, 5.74) is 0. The monoisotopic (exact) mass is 306 g/mol. The number of carbonyl (C=O) groups excluding carboxylic acids is 1. The molecule has 0 aromatic carbocycles. The Balaban J connectivity index is 1.72. The first-order chi connectivity index (χ1) is 10.2.